The third kappa shape index (κ3) is 3.86. The summed E-state index contributed by atoms with van der Waals surface area (Å²) in [5, 5.41) is 19.3. The third-order valence-corrected chi connectivity index (χ3v) is 4.12. The normalized spacial score (nSPS) is 16.6. The van der Waals surface area contributed by atoms with Crippen LogP contribution in [0.1, 0.15) is 39.2 Å². The molecule has 1 aliphatic carbocycles. The second-order valence-corrected chi connectivity index (χ2v) is 6.31. The number of H-pyrrole nitrogens is 1. The van der Waals surface area contributed by atoms with Crippen molar-refractivity contribution in [2.45, 2.75) is 56.4 Å². The molecule has 1 saturated carbocycles. The fourth-order valence-electron chi connectivity index (χ4n) is 1.93. The molecule has 0 saturated heterocycles. The summed E-state index contributed by atoms with van der Waals surface area (Å²) in [4.78, 5) is 22.7. The zero-order valence-electron chi connectivity index (χ0n) is 11.6. The lowest BCUT2D eigenvalue weighted by Crippen LogP contribution is -2.38. The number of rotatable bonds is 8. The monoisotopic (exact) mass is 300 g/mol. The molecule has 8 heteroatoms. The zero-order chi connectivity index (χ0) is 14.7. The molecule has 0 aliphatic heterocycles. The van der Waals surface area contributed by atoms with Crippen molar-refractivity contribution in [1.29, 1.82) is 0 Å². The van der Waals surface area contributed by atoms with Crippen molar-refractivity contribution in [2.24, 2.45) is 0 Å². The lowest BCUT2D eigenvalue weighted by molar-refractivity contribution is -0.139. The summed E-state index contributed by atoms with van der Waals surface area (Å²) in [6.07, 6.45) is 2.63. The fourth-order valence-corrected chi connectivity index (χ4v) is 3.01. The highest BCUT2D eigenvalue weighted by Crippen LogP contribution is 2.22. The van der Waals surface area contributed by atoms with E-state index in [0.717, 1.165) is 12.8 Å². The second-order valence-electron chi connectivity index (χ2n) is 5.24. The minimum atomic E-state index is -0.819. The predicted molar refractivity (Wildman–Crippen MR) is 76.2 cm³/mol. The first kappa shape index (κ1) is 15.1. The van der Waals surface area contributed by atoms with E-state index in [0.29, 0.717) is 23.4 Å². The van der Waals surface area contributed by atoms with Gasteiger partial charge in [-0.05, 0) is 33.1 Å². The highest BCUT2D eigenvalue weighted by molar-refractivity contribution is 7.99. The van der Waals surface area contributed by atoms with Crippen molar-refractivity contribution in [1.82, 2.24) is 20.1 Å². The number of hydrogen-bond donors (Lipinski definition) is 3. The van der Waals surface area contributed by atoms with Gasteiger partial charge in [-0.25, -0.2) is 9.89 Å². The Kier molecular flexibility index (Phi) is 4.87. The molecule has 0 spiro atoms. The highest BCUT2D eigenvalue weighted by Gasteiger charge is 2.28. The van der Waals surface area contributed by atoms with Gasteiger partial charge in [-0.15, -0.1) is 5.10 Å². The molecule has 1 heterocycles. The highest BCUT2D eigenvalue weighted by atomic mass is 32.2. The number of carboxylic acid groups (broad SMARTS) is 1. The first-order valence-corrected chi connectivity index (χ1v) is 7.76. The average Bonchev–Trinajstić information content (AvgIpc) is 3.10. The van der Waals surface area contributed by atoms with Crippen LogP contribution in [0.5, 0.6) is 0 Å². The van der Waals surface area contributed by atoms with Gasteiger partial charge in [-0.3, -0.25) is 9.36 Å². The van der Waals surface area contributed by atoms with Gasteiger partial charge in [0.15, 0.2) is 5.16 Å². The number of hydrogen-bond acceptors (Lipinski definition) is 5. The Morgan fingerprint density at radius 3 is 2.85 bits per heavy atom. The molecule has 7 nitrogen and oxygen atoms in total. The SMILES string of the molecule is CC(C)n1c(SCCC(NC2CC2)C(=O)O)n[nH]c1=O. The minimum absolute atomic E-state index is 0.0311. The van der Waals surface area contributed by atoms with Crippen LogP contribution in [0.4, 0.5) is 0 Å². The molecule has 1 fully saturated rings. The third-order valence-electron chi connectivity index (χ3n) is 3.14. The topological polar surface area (TPSA) is 100 Å². The second kappa shape index (κ2) is 6.45. The molecule has 1 atom stereocenters. The number of aromatic amines is 1. The van der Waals surface area contributed by atoms with Gasteiger partial charge in [0.2, 0.25) is 0 Å². The molecule has 0 aromatic carbocycles. The number of carbonyl (C=O) groups is 1. The van der Waals surface area contributed by atoms with Crippen LogP contribution in [0.15, 0.2) is 9.95 Å². The number of nitrogens with one attached hydrogen (secondary N) is 2. The summed E-state index contributed by atoms with van der Waals surface area (Å²) in [7, 11) is 0. The number of aromatic nitrogens is 3. The maximum absolute atomic E-state index is 11.6. The molecule has 112 valence electrons. The van der Waals surface area contributed by atoms with Crippen molar-refractivity contribution in [3.63, 3.8) is 0 Å². The van der Waals surface area contributed by atoms with Crippen molar-refractivity contribution in [3.05, 3.63) is 10.5 Å². The van der Waals surface area contributed by atoms with Gasteiger partial charge in [0.05, 0.1) is 0 Å². The molecule has 0 radical (unpaired) electrons. The summed E-state index contributed by atoms with van der Waals surface area (Å²) in [6.45, 7) is 3.82. The molecular weight excluding hydrogens is 280 g/mol. The lowest BCUT2D eigenvalue weighted by atomic mass is 10.2. The molecule has 20 heavy (non-hydrogen) atoms. The van der Waals surface area contributed by atoms with E-state index in [-0.39, 0.29) is 11.7 Å². The Morgan fingerprint density at radius 2 is 2.30 bits per heavy atom. The molecule has 1 aliphatic rings. The number of aliphatic carboxylic acids is 1. The van der Waals surface area contributed by atoms with Crippen molar-refractivity contribution in [3.8, 4) is 0 Å². The van der Waals surface area contributed by atoms with Crippen LogP contribution >= 0.6 is 11.8 Å². The summed E-state index contributed by atoms with van der Waals surface area (Å²) in [6, 6.07) is -0.128. The van der Waals surface area contributed by atoms with Crippen molar-refractivity contribution in [2.75, 3.05) is 5.75 Å². The van der Waals surface area contributed by atoms with Gasteiger partial charge in [0.1, 0.15) is 6.04 Å². The Balaban J connectivity index is 1.88. The summed E-state index contributed by atoms with van der Waals surface area (Å²) in [5.74, 6) is -0.214. The first-order valence-electron chi connectivity index (χ1n) is 6.77. The smallest absolute Gasteiger partial charge is 0.344 e. The summed E-state index contributed by atoms with van der Waals surface area (Å²) in [5.41, 5.74) is -0.228. The maximum Gasteiger partial charge on any atom is 0.344 e. The summed E-state index contributed by atoms with van der Waals surface area (Å²) < 4.78 is 1.58. The Morgan fingerprint density at radius 1 is 1.60 bits per heavy atom. The fraction of sp³-hybridized carbons (Fsp3) is 0.750. The average molecular weight is 300 g/mol. The summed E-state index contributed by atoms with van der Waals surface area (Å²) >= 11 is 1.41. The van der Waals surface area contributed by atoms with Crippen LogP contribution in [0.2, 0.25) is 0 Å². The van der Waals surface area contributed by atoms with Gasteiger partial charge in [0, 0.05) is 17.8 Å². The Labute approximate surface area is 121 Å². The van der Waals surface area contributed by atoms with E-state index in [2.05, 4.69) is 15.5 Å². The van der Waals surface area contributed by atoms with Crippen LogP contribution in [-0.4, -0.2) is 43.7 Å². The predicted octanol–water partition coefficient (Wildman–Crippen LogP) is 0.840. The van der Waals surface area contributed by atoms with Gasteiger partial charge in [-0.1, -0.05) is 11.8 Å². The van der Waals surface area contributed by atoms with Gasteiger partial charge in [-0.2, -0.15) is 0 Å². The van der Waals surface area contributed by atoms with E-state index >= 15 is 0 Å². The van der Waals surface area contributed by atoms with Crippen molar-refractivity contribution < 1.29 is 9.90 Å². The first-order chi connectivity index (χ1) is 9.49. The molecule has 1 aromatic heterocycles. The van der Waals surface area contributed by atoms with Crippen LogP contribution < -0.4 is 11.0 Å². The van der Waals surface area contributed by atoms with E-state index in [1.165, 1.54) is 11.8 Å². The Hall–Kier alpha value is -1.28. The van der Waals surface area contributed by atoms with Crippen LogP contribution in [0, 0.1) is 0 Å². The molecule has 0 bridgehead atoms. The van der Waals surface area contributed by atoms with Gasteiger partial charge < -0.3 is 10.4 Å². The van der Waals surface area contributed by atoms with Crippen LogP contribution in [-0.2, 0) is 4.79 Å². The van der Waals surface area contributed by atoms with E-state index < -0.39 is 12.0 Å². The molecule has 0 amide bonds. The molecule has 2 rings (SSSR count). The molecule has 1 aromatic rings. The van der Waals surface area contributed by atoms with Crippen molar-refractivity contribution >= 4 is 17.7 Å². The standard InChI is InChI=1S/C12H20N4O3S/c1-7(2)16-11(19)14-15-12(16)20-6-5-9(10(17)18)13-8-3-4-8/h7-9,13H,3-6H2,1-2H3,(H,14,19)(H,17,18). The number of carboxylic acids is 1. The number of thioether (sulfide) groups is 1. The van der Waals surface area contributed by atoms with E-state index in [1.807, 2.05) is 13.8 Å². The molecule has 1 unspecified atom stereocenters. The lowest BCUT2D eigenvalue weighted by Gasteiger charge is -2.13. The van der Waals surface area contributed by atoms with Crippen LogP contribution in [0.25, 0.3) is 0 Å². The quantitative estimate of drug-likeness (QED) is 0.615. The Bertz CT molecular complexity index is 521. The van der Waals surface area contributed by atoms with Crippen LogP contribution in [0.3, 0.4) is 0 Å². The van der Waals surface area contributed by atoms with Gasteiger partial charge in [0.25, 0.3) is 0 Å². The minimum Gasteiger partial charge on any atom is -0.480 e. The largest absolute Gasteiger partial charge is 0.480 e. The molecular formula is C12H20N4O3S. The number of nitrogens with zero attached hydrogens (tertiary/aromatic N) is 2. The van der Waals surface area contributed by atoms with E-state index in [4.69, 9.17) is 5.11 Å². The van der Waals surface area contributed by atoms with E-state index in [9.17, 15) is 9.59 Å². The molecule has 3 N–H and O–H groups in total. The van der Waals surface area contributed by atoms with Gasteiger partial charge >= 0.3 is 11.7 Å². The maximum atomic E-state index is 11.6. The zero-order valence-corrected chi connectivity index (χ0v) is 12.4. The van der Waals surface area contributed by atoms with E-state index in [1.54, 1.807) is 4.57 Å².